The summed E-state index contributed by atoms with van der Waals surface area (Å²) >= 11 is 0. The van der Waals surface area contributed by atoms with Crippen LogP contribution in [0.1, 0.15) is 32.8 Å². The molecule has 0 saturated heterocycles. The number of primary amides is 1. The van der Waals surface area contributed by atoms with Gasteiger partial charge < -0.3 is 37.6 Å². The van der Waals surface area contributed by atoms with Crippen molar-refractivity contribution in [2.24, 2.45) is 17.4 Å². The molecule has 0 aliphatic heterocycles. The number of rotatable bonds is 12. The second-order valence-electron chi connectivity index (χ2n) is 8.00. The molecule has 0 aromatic heterocycles. The highest BCUT2D eigenvalue weighted by Gasteiger charge is 2.29. The number of phenols is 1. The van der Waals surface area contributed by atoms with Crippen LogP contribution in [0.3, 0.4) is 0 Å². The molecule has 1 aromatic carbocycles. The van der Waals surface area contributed by atoms with Gasteiger partial charge >= 0.3 is 5.97 Å². The Morgan fingerprint density at radius 2 is 1.42 bits per heavy atom. The maximum Gasteiger partial charge on any atom is 0.326 e. The molecule has 0 fully saturated rings. The van der Waals surface area contributed by atoms with Gasteiger partial charge in [0.25, 0.3) is 0 Å². The van der Waals surface area contributed by atoms with Gasteiger partial charge in [0.1, 0.15) is 23.9 Å². The van der Waals surface area contributed by atoms with Gasteiger partial charge in [-0.2, -0.15) is 0 Å². The molecule has 1 aromatic rings. The summed E-state index contributed by atoms with van der Waals surface area (Å²) in [4.78, 5) is 59.9. The van der Waals surface area contributed by atoms with Crippen molar-refractivity contribution in [3.05, 3.63) is 29.8 Å². The van der Waals surface area contributed by atoms with Crippen LogP contribution in [0.2, 0.25) is 0 Å². The Morgan fingerprint density at radius 3 is 1.91 bits per heavy atom. The van der Waals surface area contributed by atoms with Gasteiger partial charge in [0.15, 0.2) is 0 Å². The Morgan fingerprint density at radius 1 is 0.879 bits per heavy atom. The molecule has 4 unspecified atom stereocenters. The van der Waals surface area contributed by atoms with E-state index in [0.29, 0.717) is 5.56 Å². The van der Waals surface area contributed by atoms with Crippen molar-refractivity contribution in [1.82, 2.24) is 16.0 Å². The van der Waals surface area contributed by atoms with Crippen molar-refractivity contribution < 1.29 is 34.2 Å². The molecular weight excluding hydrogens is 434 g/mol. The van der Waals surface area contributed by atoms with E-state index < -0.39 is 60.2 Å². The maximum atomic E-state index is 12.9. The van der Waals surface area contributed by atoms with Gasteiger partial charge in [-0.05, 0) is 30.5 Å². The van der Waals surface area contributed by atoms with Gasteiger partial charge in [0, 0.05) is 6.42 Å². The van der Waals surface area contributed by atoms with Crippen molar-refractivity contribution in [2.75, 3.05) is 0 Å². The molecule has 0 radical (unpaired) electrons. The quantitative estimate of drug-likeness (QED) is 0.189. The van der Waals surface area contributed by atoms with Crippen molar-refractivity contribution in [3.63, 3.8) is 0 Å². The molecule has 4 atom stereocenters. The Kier molecular flexibility index (Phi) is 10.3. The van der Waals surface area contributed by atoms with Gasteiger partial charge in [-0.3, -0.25) is 19.2 Å². The summed E-state index contributed by atoms with van der Waals surface area (Å²) in [5.41, 5.74) is 11.5. The molecule has 182 valence electrons. The van der Waals surface area contributed by atoms with Gasteiger partial charge in [0.05, 0.1) is 12.5 Å². The van der Waals surface area contributed by atoms with Crippen LogP contribution in [0.15, 0.2) is 24.3 Å². The summed E-state index contributed by atoms with van der Waals surface area (Å²) in [6.07, 6.45) is -0.579. The monoisotopic (exact) mass is 465 g/mol. The van der Waals surface area contributed by atoms with Crippen LogP contribution < -0.4 is 27.4 Å². The first-order chi connectivity index (χ1) is 15.3. The normalized spacial score (nSPS) is 14.5. The highest BCUT2D eigenvalue weighted by Crippen LogP contribution is 2.12. The predicted octanol–water partition coefficient (Wildman–Crippen LogP) is -1.65. The Labute approximate surface area is 191 Å². The van der Waals surface area contributed by atoms with Crippen molar-refractivity contribution in [1.29, 1.82) is 0 Å². The third-order valence-corrected chi connectivity index (χ3v) is 4.80. The standard InChI is InChI=1S/C21H31N5O7/c1-10(2)17(23)20(31)25-14(8-12-4-6-13(27)7-5-12)19(30)24-11(3)18(29)26-15(21(32)33)9-16(22)28/h4-7,10-11,14-15,17,27H,8-9,23H2,1-3H3,(H2,22,28)(H,24,30)(H,25,31)(H,26,29)(H,32,33). The fourth-order valence-corrected chi connectivity index (χ4v) is 2.73. The van der Waals surface area contributed by atoms with E-state index >= 15 is 0 Å². The minimum absolute atomic E-state index is 0.0276. The first-order valence-corrected chi connectivity index (χ1v) is 10.3. The van der Waals surface area contributed by atoms with Crippen LogP contribution in [0.25, 0.3) is 0 Å². The lowest BCUT2D eigenvalue weighted by atomic mass is 10.0. The number of nitrogens with two attached hydrogens (primary N) is 2. The van der Waals surface area contributed by atoms with Gasteiger partial charge in [-0.1, -0.05) is 26.0 Å². The molecule has 33 heavy (non-hydrogen) atoms. The third kappa shape index (κ3) is 9.15. The number of aliphatic carboxylic acids is 1. The number of phenolic OH excluding ortho intramolecular Hbond substituents is 1. The smallest absolute Gasteiger partial charge is 0.326 e. The maximum absolute atomic E-state index is 12.9. The van der Waals surface area contributed by atoms with Gasteiger partial charge in [0.2, 0.25) is 23.6 Å². The topological polar surface area (TPSA) is 214 Å². The summed E-state index contributed by atoms with van der Waals surface area (Å²) in [6, 6.07) is 1.27. The number of carbonyl (C=O) groups is 5. The fourth-order valence-electron chi connectivity index (χ4n) is 2.73. The first kappa shape index (κ1) is 27.4. The number of hydrogen-bond acceptors (Lipinski definition) is 7. The number of aromatic hydroxyl groups is 1. The lowest BCUT2D eigenvalue weighted by Gasteiger charge is -2.24. The highest BCUT2D eigenvalue weighted by atomic mass is 16.4. The molecule has 0 aliphatic carbocycles. The van der Waals surface area contributed by atoms with E-state index in [1.807, 2.05) is 0 Å². The molecule has 0 heterocycles. The zero-order chi connectivity index (χ0) is 25.3. The van der Waals surface area contributed by atoms with Crippen LogP contribution in [-0.2, 0) is 30.4 Å². The molecule has 0 spiro atoms. The minimum Gasteiger partial charge on any atom is -0.508 e. The van der Waals surface area contributed by atoms with E-state index in [9.17, 15) is 29.1 Å². The first-order valence-electron chi connectivity index (χ1n) is 10.3. The van der Waals surface area contributed by atoms with Crippen molar-refractivity contribution >= 4 is 29.6 Å². The van der Waals surface area contributed by atoms with Crippen LogP contribution in [-0.4, -0.2) is 64.0 Å². The average molecular weight is 466 g/mol. The summed E-state index contributed by atoms with van der Waals surface area (Å²) in [5, 5.41) is 25.7. The average Bonchev–Trinajstić information content (AvgIpc) is 2.72. The molecule has 4 amide bonds. The largest absolute Gasteiger partial charge is 0.508 e. The molecule has 1 rings (SSSR count). The third-order valence-electron chi connectivity index (χ3n) is 4.80. The van der Waals surface area contributed by atoms with Gasteiger partial charge in [-0.25, -0.2) is 4.79 Å². The molecular formula is C21H31N5O7. The predicted molar refractivity (Wildman–Crippen MR) is 118 cm³/mol. The fraction of sp³-hybridized carbons (Fsp3) is 0.476. The molecule has 0 saturated carbocycles. The van der Waals surface area contributed by atoms with E-state index in [4.69, 9.17) is 16.6 Å². The van der Waals surface area contributed by atoms with Crippen molar-refractivity contribution in [2.45, 2.75) is 57.8 Å². The van der Waals surface area contributed by atoms with Crippen molar-refractivity contribution in [3.8, 4) is 5.75 Å². The zero-order valence-corrected chi connectivity index (χ0v) is 18.7. The minimum atomic E-state index is -1.55. The molecule has 0 aliphatic rings. The molecule has 12 nitrogen and oxygen atoms in total. The number of carboxylic acids is 1. The second-order valence-corrected chi connectivity index (χ2v) is 8.00. The summed E-state index contributed by atoms with van der Waals surface area (Å²) in [7, 11) is 0. The number of benzene rings is 1. The SMILES string of the molecule is CC(NC(=O)C(Cc1ccc(O)cc1)NC(=O)C(N)C(C)C)C(=O)NC(CC(N)=O)C(=O)O. The Bertz CT molecular complexity index is 872. The summed E-state index contributed by atoms with van der Waals surface area (Å²) in [5.74, 6) is -4.67. The Hall–Kier alpha value is -3.67. The lowest BCUT2D eigenvalue weighted by molar-refractivity contribution is -0.143. The van der Waals surface area contributed by atoms with Crippen LogP contribution in [0.5, 0.6) is 5.75 Å². The summed E-state index contributed by atoms with van der Waals surface area (Å²) in [6.45, 7) is 4.81. The number of carbonyl (C=O) groups excluding carboxylic acids is 4. The number of hydrogen-bond donors (Lipinski definition) is 7. The van der Waals surface area contributed by atoms with E-state index in [1.165, 1.54) is 19.1 Å². The number of carboxylic acid groups (broad SMARTS) is 1. The number of nitrogens with one attached hydrogen (secondary N) is 3. The van der Waals surface area contributed by atoms with Crippen LogP contribution >= 0.6 is 0 Å². The van der Waals surface area contributed by atoms with Gasteiger partial charge in [-0.15, -0.1) is 0 Å². The second kappa shape index (κ2) is 12.4. The van der Waals surface area contributed by atoms with Crippen LogP contribution in [0.4, 0.5) is 0 Å². The zero-order valence-electron chi connectivity index (χ0n) is 18.7. The molecule has 12 heteroatoms. The van der Waals surface area contributed by atoms with E-state index in [0.717, 1.165) is 0 Å². The van der Waals surface area contributed by atoms with E-state index in [1.54, 1.807) is 26.0 Å². The Balaban J connectivity index is 2.95. The highest BCUT2D eigenvalue weighted by molar-refractivity contribution is 5.94. The van der Waals surface area contributed by atoms with E-state index in [2.05, 4.69) is 16.0 Å². The summed E-state index contributed by atoms with van der Waals surface area (Å²) < 4.78 is 0. The van der Waals surface area contributed by atoms with Crippen LogP contribution in [0, 0.1) is 5.92 Å². The lowest BCUT2D eigenvalue weighted by Crippen LogP contribution is -2.57. The van der Waals surface area contributed by atoms with E-state index in [-0.39, 0.29) is 18.1 Å². The molecule has 0 bridgehead atoms. The molecule has 9 N–H and O–H groups in total. The number of amides is 4.